The number of aromatic nitrogens is 3. The van der Waals surface area contributed by atoms with E-state index in [0.29, 0.717) is 23.0 Å². The zero-order valence-electron chi connectivity index (χ0n) is 42.3. The SMILES string of the molecule is COCOc1ccc(C=Cc2cc[n+](CC(=O)OC(C)(C)C)cc2)cc1OCOC.COCOc1ccc(C=Cc2ccncc2)cc1OCOC.O=C(O)C[n+]1ccc(C=Cc2ccc(O)c(O)c2)cc1.[Br-].[Br-]. The maximum Gasteiger partial charge on any atom is 0.373 e. The molecule has 6 aromatic rings. The lowest BCUT2D eigenvalue weighted by Crippen LogP contribution is -3.00. The van der Waals surface area contributed by atoms with E-state index in [2.05, 4.69) is 4.98 Å². The van der Waals surface area contributed by atoms with Crippen LogP contribution in [0, 0.1) is 0 Å². The summed E-state index contributed by atoms with van der Waals surface area (Å²) in [4.78, 5) is 26.5. The lowest BCUT2D eigenvalue weighted by Gasteiger charge is -2.18. The van der Waals surface area contributed by atoms with Crippen molar-refractivity contribution in [2.75, 3.05) is 55.6 Å². The van der Waals surface area contributed by atoms with Gasteiger partial charge in [-0.3, -0.25) is 4.98 Å². The highest BCUT2D eigenvalue weighted by atomic mass is 79.9. The average Bonchev–Trinajstić information content (AvgIpc) is 3.36. The van der Waals surface area contributed by atoms with E-state index >= 15 is 0 Å². The monoisotopic (exact) mass is 1150 g/mol. The molecule has 0 spiro atoms. The maximum atomic E-state index is 11.9. The summed E-state index contributed by atoms with van der Waals surface area (Å²) in [5.41, 5.74) is 5.17. The highest BCUT2D eigenvalue weighted by Crippen LogP contribution is 2.31. The minimum atomic E-state index is -0.891. The van der Waals surface area contributed by atoms with Gasteiger partial charge in [-0.2, -0.15) is 9.13 Å². The van der Waals surface area contributed by atoms with Gasteiger partial charge in [0.25, 0.3) is 0 Å². The number of phenols is 2. The van der Waals surface area contributed by atoms with Crippen LogP contribution in [0.15, 0.2) is 128 Å². The number of esters is 1. The van der Waals surface area contributed by atoms with Crippen molar-refractivity contribution in [2.45, 2.75) is 39.5 Å². The van der Waals surface area contributed by atoms with Crippen LogP contribution in [0.3, 0.4) is 0 Å². The molecule has 0 fully saturated rings. The Morgan fingerprint density at radius 1 is 0.486 bits per heavy atom. The van der Waals surface area contributed by atoms with Gasteiger partial charge in [0.15, 0.2) is 86.5 Å². The second kappa shape index (κ2) is 34.3. The minimum Gasteiger partial charge on any atom is -1.00 e. The first-order chi connectivity index (χ1) is 34.7. The van der Waals surface area contributed by atoms with Crippen LogP contribution in [-0.4, -0.2) is 93.5 Å². The topological polar surface area (TPSA) is 199 Å². The highest BCUT2D eigenvalue weighted by molar-refractivity contribution is 5.73. The number of aromatic hydroxyl groups is 2. The lowest BCUT2D eigenvalue weighted by atomic mass is 10.1. The van der Waals surface area contributed by atoms with E-state index < -0.39 is 11.6 Å². The van der Waals surface area contributed by atoms with E-state index in [4.69, 9.17) is 47.7 Å². The van der Waals surface area contributed by atoms with Crippen LogP contribution < -0.4 is 62.0 Å². The van der Waals surface area contributed by atoms with Gasteiger partial charge >= 0.3 is 11.9 Å². The molecular formula is C55H63Br2N3O14. The molecule has 3 N–H and O–H groups in total. The molecule has 0 saturated carbocycles. The minimum absolute atomic E-state index is 0. The average molecular weight is 1150 g/mol. The van der Waals surface area contributed by atoms with Crippen LogP contribution in [0.5, 0.6) is 34.5 Å². The number of nitrogens with zero attached hydrogens (tertiary/aromatic N) is 3. The van der Waals surface area contributed by atoms with Crippen LogP contribution in [-0.2, 0) is 46.4 Å². The molecule has 0 aliphatic rings. The standard InChI is InChI=1S/C23H30NO6.C17H19NO4.C15H13NO4.2BrH/c1-23(2,3)30-22(25)15-24-12-10-18(11-13-24)6-7-19-8-9-20(28-16-26-4)21(14-19)29-17-27-5;1-19-12-21-16-6-5-15(11-17(16)22-13-20-2)4-3-14-7-9-18-10-8-14;17-13-4-3-12(9-14(13)18)2-1-11-5-7-16(8-6-11)10-15(19)20;;/h6-14H,15-17H2,1-5H3;3-11H,12-13H2,1-2H3;1-9H,10H2,(H2,18,19,20);2*1H/q+1;;;;/p-1. The van der Waals surface area contributed by atoms with Crippen molar-refractivity contribution in [3.05, 3.63) is 162 Å². The summed E-state index contributed by atoms with van der Waals surface area (Å²) in [6.45, 7) is 6.22. The molecule has 396 valence electrons. The molecule has 3 aromatic heterocycles. The molecule has 3 aromatic carbocycles. The van der Waals surface area contributed by atoms with Gasteiger partial charge in [0, 0.05) is 65.1 Å². The van der Waals surface area contributed by atoms with Crippen LogP contribution >= 0.6 is 0 Å². The number of carboxylic acid groups (broad SMARTS) is 1. The molecule has 0 amide bonds. The molecule has 0 bridgehead atoms. The van der Waals surface area contributed by atoms with Crippen molar-refractivity contribution in [3.8, 4) is 34.5 Å². The second-order valence-electron chi connectivity index (χ2n) is 16.2. The maximum absolute atomic E-state index is 11.9. The third-order valence-electron chi connectivity index (χ3n) is 9.26. The molecule has 0 radical (unpaired) electrons. The van der Waals surface area contributed by atoms with E-state index in [1.165, 1.54) is 12.1 Å². The normalized spacial score (nSPS) is 10.8. The Balaban J connectivity index is 0.000000384. The number of halogens is 2. The van der Waals surface area contributed by atoms with Gasteiger partial charge in [0.05, 0.1) is 0 Å². The molecule has 0 unspecified atom stereocenters. The molecule has 6 rings (SSSR count). The molecular weight excluding hydrogens is 1090 g/mol. The van der Waals surface area contributed by atoms with Crippen LogP contribution in [0.1, 0.15) is 54.2 Å². The molecule has 3 heterocycles. The Morgan fingerprint density at radius 2 is 0.851 bits per heavy atom. The summed E-state index contributed by atoms with van der Waals surface area (Å²) in [5, 5.41) is 27.2. The van der Waals surface area contributed by atoms with E-state index in [0.717, 1.165) is 33.4 Å². The molecule has 0 atom stereocenters. The molecule has 17 nitrogen and oxygen atoms in total. The van der Waals surface area contributed by atoms with Crippen LogP contribution in [0.2, 0.25) is 0 Å². The van der Waals surface area contributed by atoms with Gasteiger partial charge in [-0.25, -0.2) is 9.59 Å². The number of ether oxygens (including phenoxy) is 9. The Kier molecular flexibility index (Phi) is 29.2. The summed E-state index contributed by atoms with van der Waals surface area (Å²) in [7, 11) is 6.26. The number of carbonyl (C=O) groups excluding carboxylic acids is 1. The van der Waals surface area contributed by atoms with E-state index in [9.17, 15) is 19.8 Å². The van der Waals surface area contributed by atoms with Crippen molar-refractivity contribution in [1.82, 2.24) is 4.98 Å². The van der Waals surface area contributed by atoms with E-state index in [1.807, 2.05) is 124 Å². The van der Waals surface area contributed by atoms with Crippen LogP contribution in [0.4, 0.5) is 0 Å². The molecule has 74 heavy (non-hydrogen) atoms. The Morgan fingerprint density at radius 3 is 1.24 bits per heavy atom. The Bertz CT molecular complexity index is 2680. The fraction of sp³-hybridized carbons (Fsp3) is 0.255. The third kappa shape index (κ3) is 24.5. The number of aliphatic carboxylic acids is 1. The summed E-state index contributed by atoms with van der Waals surface area (Å²) < 4.78 is 50.5. The van der Waals surface area contributed by atoms with Crippen molar-refractivity contribution in [1.29, 1.82) is 0 Å². The molecule has 0 saturated heterocycles. The number of phenolic OH excluding ortho intramolecular Hbond substituents is 2. The largest absolute Gasteiger partial charge is 1.00 e. The number of rotatable bonds is 22. The quantitative estimate of drug-likeness (QED) is 0.0387. The summed E-state index contributed by atoms with van der Waals surface area (Å²) in [6, 6.07) is 27.2. The zero-order chi connectivity index (χ0) is 52.1. The second-order valence-corrected chi connectivity index (χ2v) is 16.2. The number of methoxy groups -OCH3 is 4. The van der Waals surface area contributed by atoms with Gasteiger partial charge in [-0.15, -0.1) is 0 Å². The predicted octanol–water partition coefficient (Wildman–Crippen LogP) is 2.32. The number of carboxylic acids is 1. The van der Waals surface area contributed by atoms with Gasteiger partial charge in [0.2, 0.25) is 13.1 Å². The number of carbonyl (C=O) groups is 2. The van der Waals surface area contributed by atoms with Gasteiger partial charge in [0.1, 0.15) is 5.60 Å². The first-order valence-electron chi connectivity index (χ1n) is 22.3. The molecule has 0 aliphatic carbocycles. The van der Waals surface area contributed by atoms with E-state index in [-0.39, 0.29) is 91.7 Å². The van der Waals surface area contributed by atoms with Crippen LogP contribution in [0.25, 0.3) is 36.5 Å². The van der Waals surface area contributed by atoms with Gasteiger partial charge < -0.3 is 91.9 Å². The number of hydrogen-bond acceptors (Lipinski definition) is 14. The van der Waals surface area contributed by atoms with Crippen molar-refractivity contribution in [3.63, 3.8) is 0 Å². The summed E-state index contributed by atoms with van der Waals surface area (Å²) in [5.74, 6) is 0.883. The molecule has 19 heteroatoms. The summed E-state index contributed by atoms with van der Waals surface area (Å²) >= 11 is 0. The first-order valence-corrected chi connectivity index (χ1v) is 22.3. The highest BCUT2D eigenvalue weighted by Gasteiger charge is 2.19. The van der Waals surface area contributed by atoms with Crippen molar-refractivity contribution >= 4 is 48.4 Å². The first kappa shape index (κ1) is 63.0. The number of pyridine rings is 3. The van der Waals surface area contributed by atoms with E-state index in [1.54, 1.807) is 86.6 Å². The Hall–Kier alpha value is -7.13. The molecule has 0 aliphatic heterocycles. The van der Waals surface area contributed by atoms with Crippen molar-refractivity contribution < 1.29 is 111 Å². The number of benzene rings is 3. The fourth-order valence-electron chi connectivity index (χ4n) is 5.96. The Labute approximate surface area is 453 Å². The lowest BCUT2D eigenvalue weighted by molar-refractivity contribution is -0.686. The van der Waals surface area contributed by atoms with Crippen molar-refractivity contribution in [2.24, 2.45) is 0 Å². The summed E-state index contributed by atoms with van der Waals surface area (Å²) in [6.07, 6.45) is 22.1. The van der Waals surface area contributed by atoms with Gasteiger partial charge in [-0.05, 0) is 103 Å². The fourth-order valence-corrected chi connectivity index (χ4v) is 5.96. The third-order valence-corrected chi connectivity index (χ3v) is 9.26. The zero-order valence-corrected chi connectivity index (χ0v) is 45.4. The predicted molar refractivity (Wildman–Crippen MR) is 270 cm³/mol. The smallest absolute Gasteiger partial charge is 0.373 e. The number of hydrogen-bond donors (Lipinski definition) is 3. The van der Waals surface area contributed by atoms with Gasteiger partial charge in [-0.1, -0.05) is 54.7 Å².